The van der Waals surface area contributed by atoms with Crippen LogP contribution in [0.4, 0.5) is 5.82 Å². The van der Waals surface area contributed by atoms with Crippen LogP contribution in [0.1, 0.15) is 15.9 Å². The van der Waals surface area contributed by atoms with Crippen molar-refractivity contribution >= 4 is 11.7 Å². The van der Waals surface area contributed by atoms with Gasteiger partial charge in [-0.05, 0) is 31.2 Å². The molecule has 0 saturated heterocycles. The Labute approximate surface area is 127 Å². The van der Waals surface area contributed by atoms with Gasteiger partial charge in [0, 0.05) is 11.6 Å². The third kappa shape index (κ3) is 2.83. The number of anilines is 1. The third-order valence-electron chi connectivity index (χ3n) is 3.26. The monoisotopic (exact) mass is 293 g/mol. The molecule has 2 N–H and O–H groups in total. The first kappa shape index (κ1) is 13.9. The van der Waals surface area contributed by atoms with Crippen molar-refractivity contribution in [1.82, 2.24) is 9.78 Å². The van der Waals surface area contributed by atoms with E-state index in [1.54, 1.807) is 12.1 Å². The first-order valence-electron chi connectivity index (χ1n) is 6.89. The lowest BCUT2D eigenvalue weighted by Gasteiger charge is -2.04. The maximum Gasteiger partial charge on any atom is 0.273 e. The fraction of sp³-hybridized carbons (Fsp3) is 0.0588. The minimum absolute atomic E-state index is 0.231. The lowest BCUT2D eigenvalue weighted by atomic mass is 10.1. The van der Waals surface area contributed by atoms with E-state index in [0.717, 1.165) is 5.56 Å². The third-order valence-corrected chi connectivity index (χ3v) is 3.26. The van der Waals surface area contributed by atoms with E-state index in [9.17, 15) is 9.59 Å². The molecule has 3 rings (SSSR count). The van der Waals surface area contributed by atoms with Crippen LogP contribution in [0.2, 0.25) is 0 Å². The fourth-order valence-electron chi connectivity index (χ4n) is 2.21. The van der Waals surface area contributed by atoms with Crippen molar-refractivity contribution in [3.8, 4) is 5.69 Å². The maximum atomic E-state index is 12.2. The number of H-pyrrole nitrogens is 1. The molecule has 5 heteroatoms. The molecule has 0 spiro atoms. The highest BCUT2D eigenvalue weighted by molar-refractivity contribution is 6.03. The van der Waals surface area contributed by atoms with E-state index < -0.39 is 0 Å². The molecule has 0 saturated carbocycles. The summed E-state index contributed by atoms with van der Waals surface area (Å²) in [5.41, 5.74) is 2.03. The normalized spacial score (nSPS) is 10.4. The van der Waals surface area contributed by atoms with E-state index in [-0.39, 0.29) is 11.5 Å². The molecule has 1 heterocycles. The highest BCUT2D eigenvalue weighted by atomic mass is 16.2. The van der Waals surface area contributed by atoms with E-state index in [1.807, 2.05) is 49.4 Å². The number of carbonyl (C=O) groups is 1. The van der Waals surface area contributed by atoms with Gasteiger partial charge in [-0.15, -0.1) is 0 Å². The number of rotatable bonds is 3. The Morgan fingerprint density at radius 1 is 1.05 bits per heavy atom. The largest absolute Gasteiger partial charge is 0.307 e. The topological polar surface area (TPSA) is 66.9 Å². The van der Waals surface area contributed by atoms with Crippen LogP contribution < -0.4 is 10.9 Å². The van der Waals surface area contributed by atoms with Crippen molar-refractivity contribution in [2.24, 2.45) is 0 Å². The van der Waals surface area contributed by atoms with Crippen LogP contribution in [-0.2, 0) is 0 Å². The average Bonchev–Trinajstić information content (AvgIpc) is 2.88. The Kier molecular flexibility index (Phi) is 3.62. The summed E-state index contributed by atoms with van der Waals surface area (Å²) in [7, 11) is 0. The van der Waals surface area contributed by atoms with Crippen LogP contribution in [0.25, 0.3) is 5.69 Å². The number of aromatic amines is 1. The Morgan fingerprint density at radius 3 is 2.55 bits per heavy atom. The highest BCUT2D eigenvalue weighted by Crippen LogP contribution is 2.09. The molecule has 0 radical (unpaired) electrons. The van der Waals surface area contributed by atoms with Crippen LogP contribution >= 0.6 is 0 Å². The van der Waals surface area contributed by atoms with Crippen molar-refractivity contribution in [2.75, 3.05) is 5.32 Å². The van der Waals surface area contributed by atoms with Gasteiger partial charge >= 0.3 is 0 Å². The van der Waals surface area contributed by atoms with Gasteiger partial charge in [0.15, 0.2) is 0 Å². The molecule has 0 bridgehead atoms. The number of benzene rings is 2. The van der Waals surface area contributed by atoms with Crippen LogP contribution in [0.15, 0.2) is 65.5 Å². The minimum atomic E-state index is -0.259. The number of aryl methyl sites for hydroxylation is 1. The van der Waals surface area contributed by atoms with Gasteiger partial charge in [0.05, 0.1) is 5.69 Å². The van der Waals surface area contributed by atoms with Gasteiger partial charge in [-0.2, -0.15) is 0 Å². The Balaban J connectivity index is 1.85. The number of carbonyl (C=O) groups excluding carboxylic acids is 1. The molecular formula is C17H15N3O2. The summed E-state index contributed by atoms with van der Waals surface area (Å²) in [6, 6.07) is 17.8. The van der Waals surface area contributed by atoms with Gasteiger partial charge < -0.3 is 5.32 Å². The molecular weight excluding hydrogens is 278 g/mol. The standard InChI is InChI=1S/C17H15N3O2/c1-12-6-5-7-13(10-12)17(22)18-15-11-16(21)20(19-15)14-8-3-2-4-9-14/h2-11,19H,1H3,(H,18,22). The Hall–Kier alpha value is -3.08. The fourth-order valence-corrected chi connectivity index (χ4v) is 2.21. The molecule has 2 aromatic carbocycles. The molecule has 1 amide bonds. The Morgan fingerprint density at radius 2 is 1.82 bits per heavy atom. The van der Waals surface area contributed by atoms with E-state index in [1.165, 1.54) is 10.7 Å². The molecule has 3 aromatic rings. The van der Waals surface area contributed by atoms with Crippen molar-refractivity contribution in [3.63, 3.8) is 0 Å². The van der Waals surface area contributed by atoms with E-state index >= 15 is 0 Å². The predicted molar refractivity (Wildman–Crippen MR) is 85.5 cm³/mol. The molecule has 0 aliphatic carbocycles. The average molecular weight is 293 g/mol. The lowest BCUT2D eigenvalue weighted by Crippen LogP contribution is -2.13. The quantitative estimate of drug-likeness (QED) is 0.779. The van der Waals surface area contributed by atoms with Gasteiger partial charge in [-0.1, -0.05) is 35.9 Å². The summed E-state index contributed by atoms with van der Waals surface area (Å²) >= 11 is 0. The first-order valence-corrected chi connectivity index (χ1v) is 6.89. The molecule has 0 unspecified atom stereocenters. The summed E-state index contributed by atoms with van der Waals surface area (Å²) in [5, 5.41) is 5.59. The molecule has 110 valence electrons. The molecule has 0 aliphatic rings. The van der Waals surface area contributed by atoms with Crippen molar-refractivity contribution in [1.29, 1.82) is 0 Å². The van der Waals surface area contributed by atoms with Crippen LogP contribution in [0.5, 0.6) is 0 Å². The zero-order valence-electron chi connectivity index (χ0n) is 12.0. The highest BCUT2D eigenvalue weighted by Gasteiger charge is 2.10. The van der Waals surface area contributed by atoms with Gasteiger partial charge in [-0.25, -0.2) is 4.68 Å². The number of aromatic nitrogens is 2. The van der Waals surface area contributed by atoms with Crippen molar-refractivity contribution in [3.05, 3.63) is 82.1 Å². The number of hydrogen-bond donors (Lipinski definition) is 2. The van der Waals surface area contributed by atoms with Crippen LogP contribution in [-0.4, -0.2) is 15.7 Å². The number of nitrogens with one attached hydrogen (secondary N) is 2. The van der Waals surface area contributed by atoms with Crippen LogP contribution in [0, 0.1) is 6.92 Å². The summed E-state index contributed by atoms with van der Waals surface area (Å²) < 4.78 is 1.38. The SMILES string of the molecule is Cc1cccc(C(=O)Nc2cc(=O)n(-c3ccccc3)[nH]2)c1. The zero-order chi connectivity index (χ0) is 15.5. The second-order valence-corrected chi connectivity index (χ2v) is 5.00. The summed E-state index contributed by atoms with van der Waals surface area (Å²) in [5.74, 6) is 0.102. The van der Waals surface area contributed by atoms with E-state index in [4.69, 9.17) is 0 Å². The molecule has 0 atom stereocenters. The molecule has 22 heavy (non-hydrogen) atoms. The molecule has 1 aromatic heterocycles. The molecule has 5 nitrogen and oxygen atoms in total. The lowest BCUT2D eigenvalue weighted by molar-refractivity contribution is 0.102. The number of amides is 1. The smallest absolute Gasteiger partial charge is 0.273 e. The van der Waals surface area contributed by atoms with E-state index in [0.29, 0.717) is 17.1 Å². The second-order valence-electron chi connectivity index (χ2n) is 5.00. The van der Waals surface area contributed by atoms with Crippen molar-refractivity contribution in [2.45, 2.75) is 6.92 Å². The summed E-state index contributed by atoms with van der Waals surface area (Å²) in [4.78, 5) is 24.2. The first-order chi connectivity index (χ1) is 10.6. The number of hydrogen-bond acceptors (Lipinski definition) is 2. The van der Waals surface area contributed by atoms with Crippen molar-refractivity contribution < 1.29 is 4.79 Å². The van der Waals surface area contributed by atoms with Crippen LogP contribution in [0.3, 0.4) is 0 Å². The molecule has 0 aliphatic heterocycles. The summed E-state index contributed by atoms with van der Waals surface area (Å²) in [6.07, 6.45) is 0. The molecule has 0 fully saturated rings. The number of nitrogens with zero attached hydrogens (tertiary/aromatic N) is 1. The second kappa shape index (κ2) is 5.73. The Bertz CT molecular complexity index is 863. The summed E-state index contributed by atoms with van der Waals surface area (Å²) in [6.45, 7) is 1.92. The minimum Gasteiger partial charge on any atom is -0.307 e. The maximum absolute atomic E-state index is 12.2. The number of para-hydroxylation sites is 1. The predicted octanol–water partition coefficient (Wildman–Crippen LogP) is 2.73. The zero-order valence-corrected chi connectivity index (χ0v) is 12.0. The van der Waals surface area contributed by atoms with E-state index in [2.05, 4.69) is 10.4 Å². The van der Waals surface area contributed by atoms with Gasteiger partial charge in [0.1, 0.15) is 5.82 Å². The van der Waals surface area contributed by atoms with Gasteiger partial charge in [-0.3, -0.25) is 14.7 Å². The van der Waals surface area contributed by atoms with Gasteiger partial charge in [0.2, 0.25) is 0 Å². The van der Waals surface area contributed by atoms with Gasteiger partial charge in [0.25, 0.3) is 11.5 Å².